The summed E-state index contributed by atoms with van der Waals surface area (Å²) in [5.74, 6) is -1.63. The number of imide groups is 2. The van der Waals surface area contributed by atoms with Crippen molar-refractivity contribution in [3.05, 3.63) is 112 Å². The largest absolute Gasteiger partial charge is 0.493 e. The minimum atomic E-state index is -1.03. The first-order chi connectivity index (χ1) is 18.7. The highest BCUT2D eigenvalue weighted by Gasteiger charge is 2.37. The van der Waals surface area contributed by atoms with Gasteiger partial charge in [-0.15, -0.1) is 6.58 Å². The molecular weight excluding hydrogens is 509 g/mol. The number of halogens is 1. The minimum Gasteiger partial charge on any atom is -0.493 e. The van der Waals surface area contributed by atoms with Crippen molar-refractivity contribution in [3.8, 4) is 11.5 Å². The maximum Gasteiger partial charge on any atom is 0.335 e. The summed E-state index contributed by atoms with van der Waals surface area (Å²) in [4.78, 5) is 49.5. The number of carbonyl (C=O) groups is 3. The molecule has 0 saturated carbocycles. The third kappa shape index (κ3) is 5.82. The Hall–Kier alpha value is -5.32. The smallest absolute Gasteiger partial charge is 0.335 e. The molecule has 10 nitrogen and oxygen atoms in total. The molecule has 4 amide bonds. The zero-order valence-corrected chi connectivity index (χ0v) is 20.7. The second-order valence-corrected chi connectivity index (χ2v) is 8.36. The molecule has 1 N–H and O–H groups in total. The van der Waals surface area contributed by atoms with Crippen molar-refractivity contribution in [1.82, 2.24) is 5.32 Å². The minimum absolute atomic E-state index is 0.0554. The Morgan fingerprint density at radius 2 is 1.87 bits per heavy atom. The number of allylic oxidation sites excluding steroid dienone is 1. The topological polar surface area (TPSA) is 128 Å². The fourth-order valence-electron chi connectivity index (χ4n) is 3.98. The van der Waals surface area contributed by atoms with Crippen molar-refractivity contribution in [3.63, 3.8) is 0 Å². The molecule has 39 heavy (non-hydrogen) atoms. The molecule has 0 spiro atoms. The number of anilines is 1. The molecule has 11 heteroatoms. The van der Waals surface area contributed by atoms with E-state index in [1.807, 2.05) is 0 Å². The van der Waals surface area contributed by atoms with Crippen LogP contribution in [0.5, 0.6) is 11.5 Å². The van der Waals surface area contributed by atoms with Crippen LogP contribution < -0.4 is 19.7 Å². The summed E-state index contributed by atoms with van der Waals surface area (Å²) < 4.78 is 25.0. The average molecular weight is 531 g/mol. The number of nitrogens with one attached hydrogen (secondary N) is 1. The van der Waals surface area contributed by atoms with Crippen LogP contribution in [0.3, 0.4) is 0 Å². The number of nitro benzene ring substituents is 1. The van der Waals surface area contributed by atoms with Crippen LogP contribution in [0.15, 0.2) is 78.9 Å². The summed E-state index contributed by atoms with van der Waals surface area (Å²) in [6, 6.07) is 13.0. The lowest BCUT2D eigenvalue weighted by Gasteiger charge is -2.26. The van der Waals surface area contributed by atoms with Crippen LogP contribution in [0.25, 0.3) is 6.08 Å². The Labute approximate surface area is 222 Å². The number of non-ortho nitro benzene ring substituents is 1. The molecule has 0 unspecified atom stereocenters. The molecule has 4 rings (SSSR count). The molecule has 1 heterocycles. The fourth-order valence-corrected chi connectivity index (χ4v) is 3.98. The second-order valence-electron chi connectivity index (χ2n) is 8.36. The van der Waals surface area contributed by atoms with E-state index >= 15 is 0 Å². The highest BCUT2D eigenvalue weighted by Crippen LogP contribution is 2.35. The van der Waals surface area contributed by atoms with E-state index in [0.29, 0.717) is 33.8 Å². The van der Waals surface area contributed by atoms with Gasteiger partial charge in [0.25, 0.3) is 17.5 Å². The van der Waals surface area contributed by atoms with Gasteiger partial charge in [-0.1, -0.05) is 24.3 Å². The van der Waals surface area contributed by atoms with Crippen LogP contribution in [-0.2, 0) is 22.6 Å². The first-order valence-corrected chi connectivity index (χ1v) is 11.6. The van der Waals surface area contributed by atoms with E-state index < -0.39 is 28.6 Å². The first kappa shape index (κ1) is 26.7. The lowest BCUT2D eigenvalue weighted by atomic mass is 10.0. The third-order valence-corrected chi connectivity index (χ3v) is 5.72. The van der Waals surface area contributed by atoms with Crippen LogP contribution in [0.4, 0.5) is 20.6 Å². The van der Waals surface area contributed by atoms with Crippen LogP contribution >= 0.6 is 0 Å². The summed E-state index contributed by atoms with van der Waals surface area (Å²) in [5, 5.41) is 13.2. The Bertz CT molecular complexity index is 1530. The van der Waals surface area contributed by atoms with Gasteiger partial charge in [0.05, 0.1) is 17.7 Å². The Morgan fingerprint density at radius 3 is 2.56 bits per heavy atom. The lowest BCUT2D eigenvalue weighted by Crippen LogP contribution is -2.54. The van der Waals surface area contributed by atoms with E-state index in [1.165, 1.54) is 49.6 Å². The number of carbonyl (C=O) groups excluding carboxylic acids is 3. The van der Waals surface area contributed by atoms with Crippen LogP contribution in [-0.4, -0.2) is 29.9 Å². The van der Waals surface area contributed by atoms with Gasteiger partial charge in [0.15, 0.2) is 11.5 Å². The van der Waals surface area contributed by atoms with Crippen molar-refractivity contribution in [2.24, 2.45) is 0 Å². The number of hydrogen-bond donors (Lipinski definition) is 1. The summed E-state index contributed by atoms with van der Waals surface area (Å²) in [7, 11) is 1.42. The third-order valence-electron chi connectivity index (χ3n) is 5.72. The molecule has 1 aliphatic rings. The number of methoxy groups -OCH3 is 1. The molecular formula is C28H22FN3O7. The van der Waals surface area contributed by atoms with Crippen molar-refractivity contribution < 1.29 is 33.2 Å². The zero-order valence-electron chi connectivity index (χ0n) is 20.7. The van der Waals surface area contributed by atoms with Gasteiger partial charge in [-0.05, 0) is 54.0 Å². The molecule has 1 saturated heterocycles. The molecule has 0 bridgehead atoms. The molecule has 0 atom stereocenters. The van der Waals surface area contributed by atoms with Crippen LogP contribution in [0, 0.1) is 15.9 Å². The normalized spacial score (nSPS) is 14.3. The molecule has 0 aliphatic carbocycles. The van der Waals surface area contributed by atoms with Crippen molar-refractivity contribution in [2.45, 2.75) is 13.0 Å². The lowest BCUT2D eigenvalue weighted by molar-refractivity contribution is -0.384. The number of amides is 4. The van der Waals surface area contributed by atoms with Gasteiger partial charge in [0.2, 0.25) is 0 Å². The summed E-state index contributed by atoms with van der Waals surface area (Å²) in [6.45, 7) is 3.81. The summed E-state index contributed by atoms with van der Waals surface area (Å²) in [5.41, 5.74) is 0.820. The van der Waals surface area contributed by atoms with E-state index in [1.54, 1.807) is 24.3 Å². The zero-order chi connectivity index (χ0) is 28.1. The molecule has 3 aromatic rings. The molecule has 3 aromatic carbocycles. The van der Waals surface area contributed by atoms with E-state index in [0.717, 1.165) is 6.07 Å². The SMILES string of the molecule is C=CCc1cc(/C=C2\C(=O)NC(=O)N(c3cccc([N+](=O)[O-])c3)C2=O)cc(OC)c1OCc1cccc(F)c1. The van der Waals surface area contributed by atoms with Gasteiger partial charge < -0.3 is 9.47 Å². The number of benzene rings is 3. The Balaban J connectivity index is 1.71. The van der Waals surface area contributed by atoms with E-state index in [9.17, 15) is 28.9 Å². The number of nitro groups is 1. The second kappa shape index (κ2) is 11.4. The van der Waals surface area contributed by atoms with Gasteiger partial charge in [0.1, 0.15) is 18.0 Å². The van der Waals surface area contributed by atoms with Gasteiger partial charge in [-0.25, -0.2) is 14.1 Å². The first-order valence-electron chi connectivity index (χ1n) is 11.6. The highest BCUT2D eigenvalue weighted by molar-refractivity contribution is 6.39. The van der Waals surface area contributed by atoms with Crippen LogP contribution in [0.2, 0.25) is 0 Å². The molecule has 0 radical (unpaired) electrons. The van der Waals surface area contributed by atoms with E-state index in [4.69, 9.17) is 9.47 Å². The summed E-state index contributed by atoms with van der Waals surface area (Å²) in [6.07, 6.45) is 3.24. The quantitative estimate of drug-likeness (QED) is 0.139. The molecule has 0 aromatic heterocycles. The Morgan fingerprint density at radius 1 is 1.10 bits per heavy atom. The molecule has 1 aliphatic heterocycles. The summed E-state index contributed by atoms with van der Waals surface area (Å²) >= 11 is 0. The predicted octanol–water partition coefficient (Wildman–Crippen LogP) is 4.72. The standard InChI is InChI=1S/C28H22FN3O7/c1-3-6-19-11-18(14-24(38-2)25(19)39-16-17-7-4-8-20(29)12-17)13-23-26(33)30-28(35)31(27(23)34)21-9-5-10-22(15-21)32(36)37/h3-5,7-15H,1,6,16H2,2H3,(H,30,33,35)/b23-13+. The van der Waals surface area contributed by atoms with Crippen molar-refractivity contribution >= 4 is 35.3 Å². The van der Waals surface area contributed by atoms with Crippen molar-refractivity contribution in [2.75, 3.05) is 12.0 Å². The van der Waals surface area contributed by atoms with Crippen molar-refractivity contribution in [1.29, 1.82) is 0 Å². The van der Waals surface area contributed by atoms with Gasteiger partial charge >= 0.3 is 6.03 Å². The number of rotatable bonds is 9. The van der Waals surface area contributed by atoms with E-state index in [2.05, 4.69) is 11.9 Å². The van der Waals surface area contributed by atoms with E-state index in [-0.39, 0.29) is 29.3 Å². The number of ether oxygens (including phenoxy) is 2. The highest BCUT2D eigenvalue weighted by atomic mass is 19.1. The maximum absolute atomic E-state index is 13.6. The Kier molecular flexibility index (Phi) is 7.80. The van der Waals surface area contributed by atoms with Gasteiger partial charge in [-0.3, -0.25) is 25.0 Å². The van der Waals surface area contributed by atoms with Gasteiger partial charge in [-0.2, -0.15) is 0 Å². The number of barbiturate groups is 1. The predicted molar refractivity (Wildman–Crippen MR) is 140 cm³/mol. The number of nitrogens with zero attached hydrogens (tertiary/aromatic N) is 2. The number of hydrogen-bond acceptors (Lipinski definition) is 7. The fraction of sp³-hybridized carbons (Fsp3) is 0.107. The molecule has 198 valence electrons. The number of urea groups is 1. The monoisotopic (exact) mass is 531 g/mol. The molecule has 1 fully saturated rings. The van der Waals surface area contributed by atoms with Crippen LogP contribution in [0.1, 0.15) is 16.7 Å². The van der Waals surface area contributed by atoms with Gasteiger partial charge in [0, 0.05) is 17.7 Å². The maximum atomic E-state index is 13.6. The average Bonchev–Trinajstić information content (AvgIpc) is 2.90.